The molecule has 2 rings (SSSR count). The number of nitrogens with zero attached hydrogens (tertiary/aromatic N) is 2. The van der Waals surface area contributed by atoms with Crippen molar-refractivity contribution in [3.8, 4) is 0 Å². The summed E-state index contributed by atoms with van der Waals surface area (Å²) in [6, 6.07) is 4.01. The summed E-state index contributed by atoms with van der Waals surface area (Å²) in [5.74, 6) is 0.944. The minimum atomic E-state index is 0. The van der Waals surface area contributed by atoms with Crippen molar-refractivity contribution in [1.29, 1.82) is 0 Å². The summed E-state index contributed by atoms with van der Waals surface area (Å²) in [7, 11) is 2.06. The van der Waals surface area contributed by atoms with Crippen LogP contribution in [0.4, 0.5) is 0 Å². The number of aliphatic imine (C=N–C) groups is 1. The summed E-state index contributed by atoms with van der Waals surface area (Å²) < 4.78 is 6.16. The largest absolute Gasteiger partial charge is 0.377 e. The van der Waals surface area contributed by atoms with Gasteiger partial charge in [0.25, 0.3) is 0 Å². The molecule has 0 saturated carbocycles. The molecule has 1 aliphatic rings. The molecular formula is C16H25ClIN3OS. The van der Waals surface area contributed by atoms with Crippen molar-refractivity contribution in [2.45, 2.75) is 26.3 Å². The number of guanidine groups is 1. The van der Waals surface area contributed by atoms with E-state index < -0.39 is 0 Å². The van der Waals surface area contributed by atoms with Crippen molar-refractivity contribution in [2.24, 2.45) is 4.99 Å². The van der Waals surface area contributed by atoms with Gasteiger partial charge in [0.05, 0.1) is 24.1 Å². The van der Waals surface area contributed by atoms with Gasteiger partial charge in [-0.05, 0) is 31.9 Å². The van der Waals surface area contributed by atoms with E-state index >= 15 is 0 Å². The van der Waals surface area contributed by atoms with Gasteiger partial charge in [-0.1, -0.05) is 23.3 Å². The van der Waals surface area contributed by atoms with Crippen LogP contribution in [0, 0.1) is 0 Å². The molecule has 0 aromatic carbocycles. The molecular weight excluding hydrogens is 445 g/mol. The molecule has 1 N–H and O–H groups in total. The average Bonchev–Trinajstić information content (AvgIpc) is 2.92. The minimum Gasteiger partial charge on any atom is -0.377 e. The van der Waals surface area contributed by atoms with Crippen molar-refractivity contribution >= 4 is 52.9 Å². The average molecular weight is 470 g/mol. The summed E-state index contributed by atoms with van der Waals surface area (Å²) in [6.07, 6.45) is 4.23. The summed E-state index contributed by atoms with van der Waals surface area (Å²) in [5, 5.41) is 3.35. The molecule has 2 heterocycles. The van der Waals surface area contributed by atoms with Crippen molar-refractivity contribution in [3.63, 3.8) is 0 Å². The van der Waals surface area contributed by atoms with E-state index in [4.69, 9.17) is 21.3 Å². The van der Waals surface area contributed by atoms with Gasteiger partial charge < -0.3 is 15.0 Å². The number of nitrogens with one attached hydrogen (secondary N) is 1. The fraction of sp³-hybridized carbons (Fsp3) is 0.562. The topological polar surface area (TPSA) is 36.9 Å². The van der Waals surface area contributed by atoms with Crippen molar-refractivity contribution in [1.82, 2.24) is 10.2 Å². The molecule has 0 amide bonds. The van der Waals surface area contributed by atoms with Crippen LogP contribution in [0.25, 0.3) is 0 Å². The highest BCUT2D eigenvalue weighted by Gasteiger charge is 2.09. The summed E-state index contributed by atoms with van der Waals surface area (Å²) >= 11 is 7.61. The van der Waals surface area contributed by atoms with Gasteiger partial charge in [-0.15, -0.1) is 35.3 Å². The van der Waals surface area contributed by atoms with Gasteiger partial charge in [0, 0.05) is 25.0 Å². The molecule has 1 aromatic heterocycles. The normalized spacial score (nSPS) is 14.9. The van der Waals surface area contributed by atoms with E-state index in [0.29, 0.717) is 0 Å². The standard InChI is InChI=1S/C16H24ClN3OS.HI/c1-3-18-16(19-9-6-13-7-10-21-11-8-13)20(2)12-14-4-5-15(17)22-14;/h4-5,7H,3,6,8-12H2,1-2H3,(H,18,19);1H. The van der Waals surface area contributed by atoms with Crippen molar-refractivity contribution in [2.75, 3.05) is 33.4 Å². The second kappa shape index (κ2) is 11.3. The molecule has 0 saturated heterocycles. The molecule has 23 heavy (non-hydrogen) atoms. The van der Waals surface area contributed by atoms with Crippen LogP contribution in [0.1, 0.15) is 24.6 Å². The van der Waals surface area contributed by atoms with Gasteiger partial charge in [0.15, 0.2) is 5.96 Å². The number of rotatable bonds is 6. The number of hydrogen-bond donors (Lipinski definition) is 1. The quantitative estimate of drug-likeness (QED) is 0.294. The zero-order chi connectivity index (χ0) is 15.8. The monoisotopic (exact) mass is 469 g/mol. The number of halogens is 2. The van der Waals surface area contributed by atoms with Crippen LogP contribution < -0.4 is 5.32 Å². The lowest BCUT2D eigenvalue weighted by Crippen LogP contribution is -2.38. The van der Waals surface area contributed by atoms with Crippen LogP contribution >= 0.6 is 46.9 Å². The number of thiophene rings is 1. The first-order valence-corrected chi connectivity index (χ1v) is 8.87. The maximum Gasteiger partial charge on any atom is 0.193 e. The Labute approximate surface area is 165 Å². The highest BCUT2D eigenvalue weighted by molar-refractivity contribution is 14.0. The lowest BCUT2D eigenvalue weighted by molar-refractivity contribution is 0.153. The Kier molecular flexibility index (Phi) is 10.2. The fourth-order valence-electron chi connectivity index (χ4n) is 2.31. The third kappa shape index (κ3) is 7.41. The molecule has 7 heteroatoms. The summed E-state index contributed by atoms with van der Waals surface area (Å²) in [4.78, 5) is 8.12. The van der Waals surface area contributed by atoms with Crippen LogP contribution in [-0.4, -0.2) is 44.2 Å². The molecule has 4 nitrogen and oxygen atoms in total. The predicted molar refractivity (Wildman–Crippen MR) is 110 cm³/mol. The maximum absolute atomic E-state index is 5.99. The predicted octanol–water partition coefficient (Wildman–Crippen LogP) is 4.15. The van der Waals surface area contributed by atoms with E-state index in [1.807, 2.05) is 6.07 Å². The minimum absolute atomic E-state index is 0. The van der Waals surface area contributed by atoms with Gasteiger partial charge in [-0.2, -0.15) is 0 Å². The van der Waals surface area contributed by atoms with Crippen LogP contribution in [0.2, 0.25) is 4.34 Å². The van der Waals surface area contributed by atoms with Crippen LogP contribution in [-0.2, 0) is 11.3 Å². The Bertz CT molecular complexity index is 533. The number of hydrogen-bond acceptors (Lipinski definition) is 3. The van der Waals surface area contributed by atoms with Gasteiger partial charge in [0.1, 0.15) is 0 Å². The van der Waals surface area contributed by atoms with E-state index in [1.54, 1.807) is 11.3 Å². The Balaban J connectivity index is 0.00000264. The molecule has 1 aliphatic heterocycles. The smallest absolute Gasteiger partial charge is 0.193 e. The Morgan fingerprint density at radius 2 is 2.30 bits per heavy atom. The molecule has 0 unspecified atom stereocenters. The van der Waals surface area contributed by atoms with Crippen LogP contribution in [0.3, 0.4) is 0 Å². The Morgan fingerprint density at radius 3 is 2.91 bits per heavy atom. The highest BCUT2D eigenvalue weighted by atomic mass is 127. The van der Waals surface area contributed by atoms with Gasteiger partial charge in [-0.3, -0.25) is 4.99 Å². The van der Waals surface area contributed by atoms with Crippen LogP contribution in [0.15, 0.2) is 28.8 Å². The maximum atomic E-state index is 5.99. The molecule has 130 valence electrons. The molecule has 0 atom stereocenters. The summed E-state index contributed by atoms with van der Waals surface area (Å²) in [6.45, 7) is 6.17. The second-order valence-electron chi connectivity index (χ2n) is 5.23. The lowest BCUT2D eigenvalue weighted by Gasteiger charge is -2.21. The highest BCUT2D eigenvalue weighted by Crippen LogP contribution is 2.22. The molecule has 0 aliphatic carbocycles. The first kappa shape index (κ1) is 20.7. The zero-order valence-electron chi connectivity index (χ0n) is 13.7. The second-order valence-corrected chi connectivity index (χ2v) is 7.03. The van der Waals surface area contributed by atoms with E-state index in [-0.39, 0.29) is 24.0 Å². The van der Waals surface area contributed by atoms with Gasteiger partial charge in [0.2, 0.25) is 0 Å². The first-order valence-electron chi connectivity index (χ1n) is 7.68. The van der Waals surface area contributed by atoms with Crippen molar-refractivity contribution < 1.29 is 4.74 Å². The Hall–Kier alpha value is -0.310. The molecule has 0 radical (unpaired) electrons. The first-order chi connectivity index (χ1) is 10.7. The zero-order valence-corrected chi connectivity index (χ0v) is 17.6. The van der Waals surface area contributed by atoms with Crippen LogP contribution in [0.5, 0.6) is 0 Å². The third-order valence-electron chi connectivity index (χ3n) is 3.47. The summed E-state index contributed by atoms with van der Waals surface area (Å²) in [5.41, 5.74) is 1.46. The SMILES string of the molecule is CCNC(=NCCC1=CCOCC1)N(C)Cc1ccc(Cl)s1.I. The van der Waals surface area contributed by atoms with Gasteiger partial charge >= 0.3 is 0 Å². The van der Waals surface area contributed by atoms with E-state index in [2.05, 4.69) is 36.3 Å². The van der Waals surface area contributed by atoms with E-state index in [9.17, 15) is 0 Å². The lowest BCUT2D eigenvalue weighted by atomic mass is 10.1. The number of ether oxygens (including phenoxy) is 1. The molecule has 0 fully saturated rings. The molecule has 1 aromatic rings. The Morgan fingerprint density at radius 1 is 1.48 bits per heavy atom. The van der Waals surface area contributed by atoms with E-state index in [1.165, 1.54) is 10.5 Å². The molecule has 0 bridgehead atoms. The van der Waals surface area contributed by atoms with Gasteiger partial charge in [-0.25, -0.2) is 0 Å². The molecule has 0 spiro atoms. The van der Waals surface area contributed by atoms with Crippen molar-refractivity contribution in [3.05, 3.63) is 33.0 Å². The van der Waals surface area contributed by atoms with E-state index in [0.717, 1.165) is 56.0 Å². The third-order valence-corrected chi connectivity index (χ3v) is 4.69. The fourth-order valence-corrected chi connectivity index (χ4v) is 3.45.